The molecule has 0 bridgehead atoms. The van der Waals surface area contributed by atoms with E-state index in [9.17, 15) is 0 Å². The molecule has 0 aliphatic heterocycles. The average Bonchev–Trinajstić information content (AvgIpc) is 2.38. The van der Waals surface area contributed by atoms with Gasteiger partial charge in [0.05, 0.1) is 6.61 Å². The highest BCUT2D eigenvalue weighted by atomic mass is 16.5. The molecule has 1 aromatic carbocycles. The summed E-state index contributed by atoms with van der Waals surface area (Å²) in [7, 11) is 0. The molecule has 1 rings (SSSR count). The lowest BCUT2D eigenvalue weighted by molar-refractivity contribution is 0.304. The Morgan fingerprint density at radius 3 is 2.82 bits per heavy atom. The second-order valence-electron chi connectivity index (χ2n) is 4.04. The monoisotopic (exact) mass is 236 g/mol. The molecule has 0 aliphatic rings. The summed E-state index contributed by atoms with van der Waals surface area (Å²) in [5.74, 6) is 1.54. The first-order chi connectivity index (χ1) is 8.19. The Morgan fingerprint density at radius 2 is 2.18 bits per heavy atom. The van der Waals surface area contributed by atoms with Crippen LogP contribution in [0.3, 0.4) is 0 Å². The van der Waals surface area contributed by atoms with Crippen LogP contribution in [0.5, 0.6) is 5.75 Å². The Labute approximate surface area is 102 Å². The number of ether oxygens (including phenoxy) is 1. The van der Waals surface area contributed by atoms with Gasteiger partial charge in [-0.05, 0) is 24.0 Å². The SMILES string of the molecule is CCC(C)c1ccccc1OCC/C(N)=N/O. The van der Waals surface area contributed by atoms with E-state index >= 15 is 0 Å². The zero-order valence-corrected chi connectivity index (χ0v) is 10.4. The standard InChI is InChI=1S/C13H20N2O2/c1-3-10(2)11-6-4-5-7-12(11)17-9-8-13(14)15-16/h4-7,10,16H,3,8-9H2,1-2H3,(H2,14,15). The van der Waals surface area contributed by atoms with Crippen molar-refractivity contribution in [1.29, 1.82) is 0 Å². The quantitative estimate of drug-likeness (QED) is 0.345. The highest BCUT2D eigenvalue weighted by Crippen LogP contribution is 2.28. The van der Waals surface area contributed by atoms with Gasteiger partial charge in [-0.3, -0.25) is 0 Å². The lowest BCUT2D eigenvalue weighted by Gasteiger charge is -2.15. The van der Waals surface area contributed by atoms with Gasteiger partial charge in [0.1, 0.15) is 11.6 Å². The molecule has 1 unspecified atom stereocenters. The molecule has 1 aromatic rings. The Bertz CT molecular complexity index is 377. The molecule has 4 nitrogen and oxygen atoms in total. The van der Waals surface area contributed by atoms with Crippen molar-refractivity contribution in [2.45, 2.75) is 32.6 Å². The molecule has 94 valence electrons. The lowest BCUT2D eigenvalue weighted by Crippen LogP contribution is -2.15. The molecule has 0 fully saturated rings. The molecule has 0 saturated heterocycles. The third-order valence-electron chi connectivity index (χ3n) is 2.81. The van der Waals surface area contributed by atoms with Crippen molar-refractivity contribution in [3.05, 3.63) is 29.8 Å². The van der Waals surface area contributed by atoms with Gasteiger partial charge in [0.2, 0.25) is 0 Å². The predicted molar refractivity (Wildman–Crippen MR) is 68.7 cm³/mol. The minimum atomic E-state index is 0.186. The Morgan fingerprint density at radius 1 is 1.47 bits per heavy atom. The Balaban J connectivity index is 2.64. The summed E-state index contributed by atoms with van der Waals surface area (Å²) < 4.78 is 5.66. The van der Waals surface area contributed by atoms with Gasteiger partial charge in [0.15, 0.2) is 0 Å². The van der Waals surface area contributed by atoms with Crippen LogP contribution in [0.25, 0.3) is 0 Å². The van der Waals surface area contributed by atoms with Crippen molar-refractivity contribution in [3.8, 4) is 5.75 Å². The van der Waals surface area contributed by atoms with E-state index in [4.69, 9.17) is 15.7 Å². The fourth-order valence-corrected chi connectivity index (χ4v) is 1.55. The van der Waals surface area contributed by atoms with Crippen molar-refractivity contribution >= 4 is 5.84 Å². The molecule has 0 amide bonds. The van der Waals surface area contributed by atoms with Gasteiger partial charge in [-0.25, -0.2) is 0 Å². The summed E-state index contributed by atoms with van der Waals surface area (Å²) in [5, 5.41) is 11.3. The van der Waals surface area contributed by atoms with Crippen LogP contribution in [0.2, 0.25) is 0 Å². The zero-order valence-electron chi connectivity index (χ0n) is 10.4. The molecule has 17 heavy (non-hydrogen) atoms. The van der Waals surface area contributed by atoms with E-state index in [-0.39, 0.29) is 5.84 Å². The number of rotatable bonds is 6. The number of oxime groups is 1. The van der Waals surface area contributed by atoms with E-state index in [2.05, 4.69) is 25.1 Å². The number of amidine groups is 1. The van der Waals surface area contributed by atoms with Crippen LogP contribution in [0.1, 0.15) is 38.2 Å². The van der Waals surface area contributed by atoms with Crippen molar-refractivity contribution in [1.82, 2.24) is 0 Å². The summed E-state index contributed by atoms with van der Waals surface area (Å²) in [6, 6.07) is 7.99. The van der Waals surface area contributed by atoms with Gasteiger partial charge in [0, 0.05) is 6.42 Å². The Hall–Kier alpha value is -1.71. The summed E-state index contributed by atoms with van der Waals surface area (Å²) in [4.78, 5) is 0. The Kier molecular flexibility index (Phi) is 5.33. The highest BCUT2D eigenvalue weighted by molar-refractivity contribution is 5.79. The van der Waals surface area contributed by atoms with Crippen LogP contribution >= 0.6 is 0 Å². The number of nitrogens with two attached hydrogens (primary N) is 1. The second kappa shape index (κ2) is 6.78. The first-order valence-electron chi connectivity index (χ1n) is 5.87. The number of hydrogen-bond acceptors (Lipinski definition) is 3. The third kappa shape index (κ3) is 3.98. The molecule has 0 spiro atoms. The van der Waals surface area contributed by atoms with Crippen LogP contribution in [-0.4, -0.2) is 17.6 Å². The fraction of sp³-hybridized carbons (Fsp3) is 0.462. The summed E-state index contributed by atoms with van der Waals surface area (Å²) >= 11 is 0. The zero-order chi connectivity index (χ0) is 12.7. The average molecular weight is 236 g/mol. The maximum atomic E-state index is 8.42. The smallest absolute Gasteiger partial charge is 0.142 e. The topological polar surface area (TPSA) is 67.8 Å². The molecule has 3 N–H and O–H groups in total. The number of benzene rings is 1. The number of hydrogen-bond donors (Lipinski definition) is 2. The van der Waals surface area contributed by atoms with Gasteiger partial charge in [-0.1, -0.05) is 37.2 Å². The van der Waals surface area contributed by atoms with Crippen molar-refractivity contribution < 1.29 is 9.94 Å². The lowest BCUT2D eigenvalue weighted by atomic mass is 9.98. The molecule has 0 aliphatic carbocycles. The fourth-order valence-electron chi connectivity index (χ4n) is 1.55. The molecular formula is C13H20N2O2. The molecule has 0 heterocycles. The first kappa shape index (κ1) is 13.4. The van der Waals surface area contributed by atoms with Crippen molar-refractivity contribution in [3.63, 3.8) is 0 Å². The van der Waals surface area contributed by atoms with E-state index in [1.807, 2.05) is 18.2 Å². The molecule has 0 radical (unpaired) electrons. The summed E-state index contributed by atoms with van der Waals surface area (Å²) in [5.41, 5.74) is 6.58. The number of para-hydroxylation sites is 1. The van der Waals surface area contributed by atoms with Crippen LogP contribution in [0, 0.1) is 0 Å². The number of nitrogens with zero attached hydrogens (tertiary/aromatic N) is 1. The van der Waals surface area contributed by atoms with Crippen molar-refractivity contribution in [2.24, 2.45) is 10.9 Å². The van der Waals surface area contributed by atoms with Crippen molar-refractivity contribution in [2.75, 3.05) is 6.61 Å². The third-order valence-corrected chi connectivity index (χ3v) is 2.81. The van der Waals surface area contributed by atoms with E-state index in [0.717, 1.165) is 12.2 Å². The van der Waals surface area contributed by atoms with Crippen LogP contribution in [0.15, 0.2) is 29.4 Å². The van der Waals surface area contributed by atoms with E-state index in [1.165, 1.54) is 5.56 Å². The van der Waals surface area contributed by atoms with Crippen LogP contribution in [-0.2, 0) is 0 Å². The first-order valence-corrected chi connectivity index (χ1v) is 5.87. The van der Waals surface area contributed by atoms with Crippen LogP contribution in [0.4, 0.5) is 0 Å². The predicted octanol–water partition coefficient (Wildman–Crippen LogP) is 2.72. The normalized spacial score (nSPS) is 13.4. The molecular weight excluding hydrogens is 216 g/mol. The molecule has 0 aromatic heterocycles. The van der Waals surface area contributed by atoms with Gasteiger partial charge in [-0.2, -0.15) is 0 Å². The minimum absolute atomic E-state index is 0.186. The van der Waals surface area contributed by atoms with Gasteiger partial charge in [-0.15, -0.1) is 0 Å². The summed E-state index contributed by atoms with van der Waals surface area (Å²) in [6.45, 7) is 4.74. The maximum absolute atomic E-state index is 8.42. The molecule has 4 heteroatoms. The maximum Gasteiger partial charge on any atom is 0.142 e. The molecule has 1 atom stereocenters. The van der Waals surface area contributed by atoms with Crippen LogP contribution < -0.4 is 10.5 Å². The van der Waals surface area contributed by atoms with E-state index in [0.29, 0.717) is 18.9 Å². The van der Waals surface area contributed by atoms with Gasteiger partial charge < -0.3 is 15.7 Å². The second-order valence-corrected chi connectivity index (χ2v) is 4.04. The summed E-state index contributed by atoms with van der Waals surface area (Å²) in [6.07, 6.45) is 1.49. The largest absolute Gasteiger partial charge is 0.493 e. The molecule has 0 saturated carbocycles. The van der Waals surface area contributed by atoms with Gasteiger partial charge in [0.25, 0.3) is 0 Å². The van der Waals surface area contributed by atoms with Gasteiger partial charge >= 0.3 is 0 Å². The van der Waals surface area contributed by atoms with E-state index in [1.54, 1.807) is 0 Å². The van der Waals surface area contributed by atoms with E-state index < -0.39 is 0 Å². The minimum Gasteiger partial charge on any atom is -0.493 e. The highest BCUT2D eigenvalue weighted by Gasteiger charge is 2.09.